The monoisotopic (exact) mass is 456 g/mol. The third-order valence-corrected chi connectivity index (χ3v) is 6.47. The Kier molecular flexibility index (Phi) is 4.89. The van der Waals surface area contributed by atoms with Crippen LogP contribution >= 0.6 is 0 Å². The lowest BCUT2D eigenvalue weighted by molar-refractivity contribution is -0.488. The van der Waals surface area contributed by atoms with Gasteiger partial charge in [0, 0.05) is 29.0 Å². The molecule has 5 rings (SSSR count). The van der Waals surface area contributed by atoms with E-state index in [1.807, 2.05) is 60.7 Å². The molecule has 1 aliphatic heterocycles. The molecule has 0 fully saturated rings. The Morgan fingerprint density at radius 3 is 2.21 bits per heavy atom. The second-order valence-corrected chi connectivity index (χ2v) is 8.45. The van der Waals surface area contributed by atoms with Crippen LogP contribution in [0.15, 0.2) is 72.8 Å². The highest BCUT2D eigenvalue weighted by atomic mass is 16.6. The van der Waals surface area contributed by atoms with Crippen molar-refractivity contribution in [1.82, 2.24) is 4.98 Å². The van der Waals surface area contributed by atoms with Gasteiger partial charge in [0.1, 0.15) is 10.9 Å². The Hall–Kier alpha value is -4.53. The van der Waals surface area contributed by atoms with Gasteiger partial charge in [-0.3, -0.25) is 25.0 Å². The van der Waals surface area contributed by atoms with Crippen molar-refractivity contribution in [1.29, 1.82) is 0 Å². The highest BCUT2D eigenvalue weighted by Gasteiger charge is 2.54. The van der Waals surface area contributed by atoms with E-state index in [1.165, 1.54) is 17.0 Å². The predicted octanol–water partition coefficient (Wildman–Crippen LogP) is 4.48. The molecule has 9 heteroatoms. The number of carbonyl (C=O) groups excluding carboxylic acids is 1. The summed E-state index contributed by atoms with van der Waals surface area (Å²) < 4.78 is 0. The predicted molar refractivity (Wildman–Crippen MR) is 127 cm³/mol. The van der Waals surface area contributed by atoms with E-state index in [0.717, 1.165) is 5.56 Å². The smallest absolute Gasteiger partial charge is 0.293 e. The molecule has 4 aromatic rings. The molecule has 1 unspecified atom stereocenters. The van der Waals surface area contributed by atoms with Gasteiger partial charge in [-0.05, 0) is 23.6 Å². The highest BCUT2D eigenvalue weighted by Crippen LogP contribution is 2.50. The number of amides is 1. The van der Waals surface area contributed by atoms with Gasteiger partial charge in [-0.2, -0.15) is 0 Å². The number of nitrogens with one attached hydrogen (secondary N) is 1. The minimum absolute atomic E-state index is 0.0763. The van der Waals surface area contributed by atoms with Gasteiger partial charge in [0.2, 0.25) is 12.5 Å². The number of anilines is 1. The zero-order valence-electron chi connectivity index (χ0n) is 18.2. The van der Waals surface area contributed by atoms with Gasteiger partial charge in [-0.15, -0.1) is 0 Å². The Morgan fingerprint density at radius 1 is 0.941 bits per heavy atom. The lowest BCUT2D eigenvalue weighted by atomic mass is 9.70. The summed E-state index contributed by atoms with van der Waals surface area (Å²) in [5.74, 6) is -0.424. The second kappa shape index (κ2) is 7.80. The summed E-state index contributed by atoms with van der Waals surface area (Å²) in [6.07, 6.45) is 0.0763. The van der Waals surface area contributed by atoms with Crippen LogP contribution in [0.3, 0.4) is 0 Å². The Morgan fingerprint density at radius 2 is 1.59 bits per heavy atom. The number of nitro groups is 2. The van der Waals surface area contributed by atoms with E-state index in [2.05, 4.69) is 4.98 Å². The van der Waals surface area contributed by atoms with E-state index < -0.39 is 27.7 Å². The maximum absolute atomic E-state index is 14.0. The first kappa shape index (κ1) is 21.3. The summed E-state index contributed by atoms with van der Waals surface area (Å²) in [4.78, 5) is 41.4. The Labute approximate surface area is 193 Å². The SMILES string of the molecule is CN1C(=O)C(Cc2ccccc2)(C[N+](=O)[O-])c2c(-c3ccccc3)[nH]c3c([N+](=O)[O-])ccc1c23. The van der Waals surface area contributed by atoms with Gasteiger partial charge in [0.15, 0.2) is 0 Å². The van der Waals surface area contributed by atoms with Crippen LogP contribution in [0.25, 0.3) is 22.2 Å². The van der Waals surface area contributed by atoms with E-state index in [9.17, 15) is 25.0 Å². The van der Waals surface area contributed by atoms with Crippen molar-refractivity contribution in [2.75, 3.05) is 18.5 Å². The van der Waals surface area contributed by atoms with Gasteiger partial charge in [-0.25, -0.2) is 0 Å². The molecule has 1 N–H and O–H groups in total. The third-order valence-electron chi connectivity index (χ3n) is 6.47. The van der Waals surface area contributed by atoms with Gasteiger partial charge < -0.3 is 9.88 Å². The minimum Gasteiger partial charge on any atom is -0.349 e. The summed E-state index contributed by atoms with van der Waals surface area (Å²) in [7, 11) is 1.56. The number of nitro benzene ring substituents is 1. The van der Waals surface area contributed by atoms with Crippen LogP contribution in [0.1, 0.15) is 11.1 Å². The standard InChI is InChI=1S/C25H20N4O5/c1-27-18-12-13-19(29(33)34)23-20(18)21(22(26-23)17-10-6-3-7-11-17)25(24(27)30,15-28(31)32)14-16-8-4-2-5-9-16/h2-13,26H,14-15H2,1H3. The Bertz CT molecular complexity index is 1450. The number of rotatable bonds is 6. The summed E-state index contributed by atoms with van der Waals surface area (Å²) >= 11 is 0. The number of likely N-dealkylation sites (N-methyl/N-ethyl adjacent to an activating group) is 1. The number of hydrogen-bond donors (Lipinski definition) is 1. The van der Waals surface area contributed by atoms with E-state index in [0.29, 0.717) is 27.9 Å². The van der Waals surface area contributed by atoms with Crippen LogP contribution < -0.4 is 4.90 Å². The van der Waals surface area contributed by atoms with Crippen molar-refractivity contribution in [2.45, 2.75) is 11.8 Å². The van der Waals surface area contributed by atoms with Gasteiger partial charge in [0.25, 0.3) is 5.69 Å². The van der Waals surface area contributed by atoms with Crippen molar-refractivity contribution < 1.29 is 14.6 Å². The first-order chi connectivity index (χ1) is 16.3. The summed E-state index contributed by atoms with van der Waals surface area (Å²) in [6, 6.07) is 21.1. The zero-order valence-corrected chi connectivity index (χ0v) is 18.2. The molecule has 170 valence electrons. The van der Waals surface area contributed by atoms with Crippen molar-refractivity contribution >= 4 is 28.2 Å². The minimum atomic E-state index is -1.56. The largest absolute Gasteiger partial charge is 0.349 e. The number of benzene rings is 3. The number of carbonyl (C=O) groups is 1. The number of hydrogen-bond acceptors (Lipinski definition) is 5. The molecule has 0 saturated carbocycles. The van der Waals surface area contributed by atoms with Crippen LogP contribution in [-0.4, -0.2) is 34.3 Å². The molecule has 34 heavy (non-hydrogen) atoms. The number of nitrogens with zero attached hydrogens (tertiary/aromatic N) is 3. The molecule has 1 atom stereocenters. The van der Waals surface area contributed by atoms with E-state index >= 15 is 0 Å². The molecule has 9 nitrogen and oxygen atoms in total. The van der Waals surface area contributed by atoms with Crippen LogP contribution in [0.5, 0.6) is 0 Å². The van der Waals surface area contributed by atoms with E-state index in [1.54, 1.807) is 7.05 Å². The molecule has 0 spiro atoms. The van der Waals surface area contributed by atoms with Crippen LogP contribution in [0.2, 0.25) is 0 Å². The lowest BCUT2D eigenvalue weighted by Gasteiger charge is -2.38. The van der Waals surface area contributed by atoms with Crippen LogP contribution in [0.4, 0.5) is 11.4 Å². The molecule has 0 aliphatic carbocycles. The molecule has 0 radical (unpaired) electrons. The van der Waals surface area contributed by atoms with Gasteiger partial charge >= 0.3 is 0 Å². The Balaban J connectivity index is 1.93. The lowest BCUT2D eigenvalue weighted by Crippen LogP contribution is -2.53. The average Bonchev–Trinajstić information content (AvgIpc) is 3.23. The van der Waals surface area contributed by atoms with Crippen molar-refractivity contribution in [3.63, 3.8) is 0 Å². The fraction of sp³-hybridized carbons (Fsp3) is 0.160. The molecule has 1 aliphatic rings. The molecule has 3 aromatic carbocycles. The fourth-order valence-corrected chi connectivity index (χ4v) is 5.07. The first-order valence-corrected chi connectivity index (χ1v) is 10.7. The summed E-state index contributed by atoms with van der Waals surface area (Å²) in [6.45, 7) is -0.653. The molecule has 1 aromatic heterocycles. The van der Waals surface area contributed by atoms with Gasteiger partial charge in [0.05, 0.1) is 16.3 Å². The zero-order chi connectivity index (χ0) is 24.0. The summed E-state index contributed by atoms with van der Waals surface area (Å²) in [5.41, 5.74) is 1.36. The van der Waals surface area contributed by atoms with Crippen molar-refractivity contribution in [3.8, 4) is 11.3 Å². The second-order valence-electron chi connectivity index (χ2n) is 8.45. The van der Waals surface area contributed by atoms with Gasteiger partial charge in [-0.1, -0.05) is 60.7 Å². The number of H-pyrrole nitrogens is 1. The number of aromatic nitrogens is 1. The molecule has 0 saturated heterocycles. The van der Waals surface area contributed by atoms with Crippen molar-refractivity contribution in [3.05, 3.63) is 104 Å². The molecule has 2 heterocycles. The van der Waals surface area contributed by atoms with E-state index in [-0.39, 0.29) is 17.6 Å². The third kappa shape index (κ3) is 3.13. The molecule has 1 amide bonds. The topological polar surface area (TPSA) is 122 Å². The normalized spacial score (nSPS) is 17.2. The molecule has 0 bridgehead atoms. The van der Waals surface area contributed by atoms with Crippen LogP contribution in [-0.2, 0) is 16.6 Å². The van der Waals surface area contributed by atoms with Crippen molar-refractivity contribution in [2.24, 2.45) is 0 Å². The molecular weight excluding hydrogens is 436 g/mol. The first-order valence-electron chi connectivity index (χ1n) is 10.7. The van der Waals surface area contributed by atoms with Crippen LogP contribution in [0, 0.1) is 20.2 Å². The average molecular weight is 456 g/mol. The van der Waals surface area contributed by atoms with E-state index in [4.69, 9.17) is 0 Å². The maximum Gasteiger partial charge on any atom is 0.293 e. The quantitative estimate of drug-likeness (QED) is 0.339. The fourth-order valence-electron chi connectivity index (χ4n) is 5.07. The highest BCUT2D eigenvalue weighted by molar-refractivity contribution is 6.18. The summed E-state index contributed by atoms with van der Waals surface area (Å²) in [5, 5.41) is 24.3. The maximum atomic E-state index is 14.0. The number of aromatic amines is 1. The molecular formula is C25H20N4O5. The number of non-ortho nitro benzene ring substituents is 1.